The molecule has 2 heterocycles. The Morgan fingerprint density at radius 1 is 1.03 bits per heavy atom. The Bertz CT molecular complexity index is 1040. The summed E-state index contributed by atoms with van der Waals surface area (Å²) in [4.78, 5) is 27.4. The molecule has 14 heteroatoms. The van der Waals surface area contributed by atoms with Gasteiger partial charge in [0, 0.05) is 45.0 Å². The lowest BCUT2D eigenvalue weighted by Gasteiger charge is -2.43. The number of anilines is 1. The van der Waals surface area contributed by atoms with E-state index in [0.717, 1.165) is 29.2 Å². The maximum absolute atomic E-state index is 13.6. The van der Waals surface area contributed by atoms with Crippen molar-refractivity contribution in [1.82, 2.24) is 9.21 Å². The van der Waals surface area contributed by atoms with Crippen molar-refractivity contribution in [3.8, 4) is 5.75 Å². The molecule has 208 valence electrons. The predicted octanol–water partition coefficient (Wildman–Crippen LogP) is 2.34. The van der Waals surface area contributed by atoms with Crippen molar-refractivity contribution in [2.24, 2.45) is 5.73 Å². The van der Waals surface area contributed by atoms with Crippen LogP contribution in [0.25, 0.3) is 0 Å². The number of carbonyl (C=O) groups excluding carboxylic acids is 2. The van der Waals surface area contributed by atoms with Crippen LogP contribution in [0.5, 0.6) is 5.75 Å². The van der Waals surface area contributed by atoms with E-state index in [-0.39, 0.29) is 39.0 Å². The Balaban J connectivity index is 1.60. The molecule has 2 aliphatic rings. The van der Waals surface area contributed by atoms with Crippen molar-refractivity contribution in [3.63, 3.8) is 0 Å². The summed E-state index contributed by atoms with van der Waals surface area (Å²) in [7, 11) is -4.20. The van der Waals surface area contributed by atoms with Crippen molar-refractivity contribution in [3.05, 3.63) is 24.3 Å². The second-order valence-electron chi connectivity index (χ2n) is 9.10. The van der Waals surface area contributed by atoms with Crippen molar-refractivity contribution in [1.29, 1.82) is 0 Å². The highest BCUT2D eigenvalue weighted by molar-refractivity contribution is 7.91. The number of nitrogens with zero attached hydrogens (tertiary/aromatic N) is 3. The smallest absolute Gasteiger partial charge is 0.422 e. The minimum atomic E-state index is -4.68. The van der Waals surface area contributed by atoms with E-state index in [0.29, 0.717) is 19.7 Å². The van der Waals surface area contributed by atoms with Gasteiger partial charge in [-0.25, -0.2) is 13.2 Å². The summed E-state index contributed by atoms with van der Waals surface area (Å²) in [6, 6.07) is 7.54. The van der Waals surface area contributed by atoms with Gasteiger partial charge in [-0.15, -0.1) is 0 Å². The zero-order valence-electron chi connectivity index (χ0n) is 20.7. The molecule has 3 rings (SSSR count). The molecule has 2 saturated heterocycles. The second-order valence-corrected chi connectivity index (χ2v) is 11.4. The van der Waals surface area contributed by atoms with E-state index in [4.69, 9.17) is 10.5 Å². The van der Waals surface area contributed by atoms with Crippen LogP contribution in [0.4, 0.5) is 23.7 Å². The van der Waals surface area contributed by atoms with Crippen molar-refractivity contribution >= 4 is 27.7 Å². The van der Waals surface area contributed by atoms with Gasteiger partial charge in [0.1, 0.15) is 5.75 Å². The second kappa shape index (κ2) is 11.8. The van der Waals surface area contributed by atoms with Crippen molar-refractivity contribution in [2.45, 2.75) is 43.5 Å². The quantitative estimate of drug-likeness (QED) is 0.469. The normalized spacial score (nSPS) is 18.9. The fourth-order valence-electron chi connectivity index (χ4n) is 4.44. The third-order valence-corrected chi connectivity index (χ3v) is 9.32. The van der Waals surface area contributed by atoms with Gasteiger partial charge >= 0.3 is 12.3 Å². The Morgan fingerprint density at radius 3 is 2.14 bits per heavy atom. The first kappa shape index (κ1) is 28.8. The van der Waals surface area contributed by atoms with Gasteiger partial charge in [-0.2, -0.15) is 17.5 Å². The molecule has 2 amide bonds. The molecule has 1 aromatic rings. The molecule has 10 nitrogen and oxygen atoms in total. The number of carbonyl (C=O) groups is 2. The summed E-state index contributed by atoms with van der Waals surface area (Å²) in [5, 5.41) is 0. The van der Waals surface area contributed by atoms with Gasteiger partial charge in [-0.1, -0.05) is 13.3 Å². The maximum atomic E-state index is 13.6. The van der Waals surface area contributed by atoms with Crippen molar-refractivity contribution < 1.29 is 40.7 Å². The van der Waals surface area contributed by atoms with E-state index < -0.39 is 39.6 Å². The lowest BCUT2D eigenvalue weighted by Crippen LogP contribution is -2.63. The molecule has 0 atom stereocenters. The van der Waals surface area contributed by atoms with Gasteiger partial charge in [-0.05, 0) is 43.5 Å². The fraction of sp³-hybridized carbons (Fsp3) is 0.652. The predicted molar refractivity (Wildman–Crippen MR) is 130 cm³/mol. The van der Waals surface area contributed by atoms with Crippen LogP contribution in [0.15, 0.2) is 24.3 Å². The van der Waals surface area contributed by atoms with Crippen LogP contribution in [0.3, 0.4) is 0 Å². The Hall–Kier alpha value is -2.74. The highest BCUT2D eigenvalue weighted by Gasteiger charge is 2.54. The summed E-state index contributed by atoms with van der Waals surface area (Å²) in [5.41, 5.74) is 6.47. The van der Waals surface area contributed by atoms with Crippen LogP contribution in [-0.2, 0) is 19.6 Å². The third-order valence-electron chi connectivity index (χ3n) is 6.68. The van der Waals surface area contributed by atoms with Crippen LogP contribution in [0.2, 0.25) is 0 Å². The summed E-state index contributed by atoms with van der Waals surface area (Å²) in [6.45, 7) is 1.46. The molecular weight excluding hydrogens is 517 g/mol. The molecule has 0 aromatic heterocycles. The molecule has 2 fully saturated rings. The summed E-state index contributed by atoms with van der Waals surface area (Å²) in [6.07, 6.45) is -4.56. The monoisotopic (exact) mass is 550 g/mol. The van der Waals surface area contributed by atoms with E-state index in [2.05, 4.69) is 11.7 Å². The average Bonchev–Trinajstić information content (AvgIpc) is 2.87. The van der Waals surface area contributed by atoms with Crippen LogP contribution in [-0.4, -0.2) is 93.0 Å². The van der Waals surface area contributed by atoms with Crippen LogP contribution >= 0.6 is 0 Å². The van der Waals surface area contributed by atoms with Gasteiger partial charge in [0.15, 0.2) is 11.4 Å². The van der Waals surface area contributed by atoms with Gasteiger partial charge < -0.3 is 25.0 Å². The number of likely N-dealkylation sites (tertiary alicyclic amines) is 1. The number of rotatable bonds is 9. The molecule has 0 aliphatic carbocycles. The number of sulfonamides is 1. The van der Waals surface area contributed by atoms with E-state index in [1.54, 1.807) is 0 Å². The molecule has 0 bridgehead atoms. The van der Waals surface area contributed by atoms with Crippen LogP contribution in [0.1, 0.15) is 32.6 Å². The highest BCUT2D eigenvalue weighted by atomic mass is 32.2. The lowest BCUT2D eigenvalue weighted by molar-refractivity contribution is -0.162. The van der Waals surface area contributed by atoms with E-state index in [1.807, 2.05) is 29.2 Å². The molecule has 0 unspecified atom stereocenters. The number of piperazine rings is 1. The van der Waals surface area contributed by atoms with Gasteiger partial charge in [0.2, 0.25) is 15.9 Å². The zero-order valence-corrected chi connectivity index (χ0v) is 21.5. The first-order chi connectivity index (χ1) is 17.4. The number of amides is 2. The summed E-state index contributed by atoms with van der Waals surface area (Å²) < 4.78 is 73.3. The Kier molecular flexibility index (Phi) is 9.16. The van der Waals surface area contributed by atoms with Gasteiger partial charge in [0.25, 0.3) is 0 Å². The highest BCUT2D eigenvalue weighted by Crippen LogP contribution is 2.34. The number of nitrogens with two attached hydrogens (primary N) is 1. The number of piperidine rings is 1. The Morgan fingerprint density at radius 2 is 1.62 bits per heavy atom. The number of primary amides is 1. The van der Waals surface area contributed by atoms with E-state index in [1.165, 1.54) is 4.31 Å². The molecule has 2 N–H and O–H groups in total. The molecule has 0 saturated carbocycles. The minimum Gasteiger partial charge on any atom is -0.494 e. The topological polar surface area (TPSA) is 122 Å². The number of alkyl halides is 3. The number of ether oxygens (including phenoxy) is 2. The number of halogens is 3. The summed E-state index contributed by atoms with van der Waals surface area (Å²) in [5.74, 6) is -0.285. The number of hydrogen-bond acceptors (Lipinski definition) is 7. The van der Waals surface area contributed by atoms with E-state index >= 15 is 0 Å². The van der Waals surface area contributed by atoms with Crippen LogP contribution < -0.4 is 15.4 Å². The minimum absolute atomic E-state index is 0.128. The molecule has 0 spiro atoms. The molecular formula is C23H33F3N4O6S. The van der Waals surface area contributed by atoms with Crippen LogP contribution in [0, 0.1) is 0 Å². The summed E-state index contributed by atoms with van der Waals surface area (Å²) >= 11 is 0. The van der Waals surface area contributed by atoms with Gasteiger partial charge in [-0.3, -0.25) is 4.79 Å². The molecule has 0 radical (unpaired) electrons. The molecule has 1 aromatic carbocycles. The standard InChI is InChI=1S/C23H33F3N4O6S/c1-2-3-16-35-19-6-4-18(5-7-19)28-12-14-30(15-13-28)37(33,34)22(20(27)31)8-10-29(11-9-22)21(32)36-17-23(24,25)26/h4-7H,2-3,8-17H2,1H3,(H2,27,31). The van der Waals surface area contributed by atoms with Gasteiger partial charge in [0.05, 0.1) is 6.61 Å². The molecule has 37 heavy (non-hydrogen) atoms. The number of unbranched alkanes of at least 4 members (excludes halogenated alkanes) is 1. The maximum Gasteiger partial charge on any atom is 0.422 e. The SMILES string of the molecule is CCCCOc1ccc(N2CCN(S(=O)(=O)C3(C(N)=O)CCN(C(=O)OCC(F)(F)F)CC3)CC2)cc1. The Labute approximate surface area is 214 Å². The molecule has 2 aliphatic heterocycles. The third kappa shape index (κ3) is 6.78. The zero-order chi connectivity index (χ0) is 27.3. The average molecular weight is 551 g/mol. The van der Waals surface area contributed by atoms with E-state index in [9.17, 15) is 31.2 Å². The number of hydrogen-bond donors (Lipinski definition) is 1. The largest absolute Gasteiger partial charge is 0.494 e. The lowest BCUT2D eigenvalue weighted by atomic mass is 9.95. The number of benzene rings is 1. The first-order valence-corrected chi connectivity index (χ1v) is 13.6. The first-order valence-electron chi connectivity index (χ1n) is 12.2. The van der Waals surface area contributed by atoms with Crippen molar-refractivity contribution in [2.75, 3.05) is 57.4 Å². The fourth-order valence-corrected chi connectivity index (χ4v) is 6.53.